The summed E-state index contributed by atoms with van der Waals surface area (Å²) in [7, 11) is 0. The zero-order valence-corrected chi connectivity index (χ0v) is 66.5. The minimum Gasteiger partial charge on any atom is -0.508 e. The van der Waals surface area contributed by atoms with E-state index < -0.39 is 24.6 Å². The number of carbonyl (C=O) groups excluding carboxylic acids is 5. The van der Waals surface area contributed by atoms with Gasteiger partial charge in [-0.25, -0.2) is 5.48 Å². The number of hydrogen-bond acceptors (Lipinski definition) is 29. The Balaban J connectivity index is 0.000000262. The second-order valence-electron chi connectivity index (χ2n) is 25.8. The van der Waals surface area contributed by atoms with Crippen LogP contribution in [0.1, 0.15) is 178 Å². The van der Waals surface area contributed by atoms with E-state index in [4.69, 9.17) is 34.7 Å². The van der Waals surface area contributed by atoms with Gasteiger partial charge in [-0.1, -0.05) is 58.5 Å². The number of phenols is 4. The van der Waals surface area contributed by atoms with Gasteiger partial charge < -0.3 is 48.9 Å². The molecule has 0 spiro atoms. The van der Waals surface area contributed by atoms with Gasteiger partial charge in [0.15, 0.2) is 40.4 Å². The molecule has 0 saturated heterocycles. The average Bonchev–Trinajstić information content (AvgIpc) is 1.62. The van der Waals surface area contributed by atoms with Crippen LogP contribution in [0.2, 0.25) is 0 Å². The Labute approximate surface area is 688 Å². The molecule has 0 fully saturated rings. The van der Waals surface area contributed by atoms with Gasteiger partial charge in [-0.05, 0) is 202 Å². The first-order valence-electron chi connectivity index (χ1n) is 37.6. The highest BCUT2D eigenvalue weighted by molar-refractivity contribution is 6.17. The lowest BCUT2D eigenvalue weighted by molar-refractivity contribution is -0.385. The minimum absolute atomic E-state index is 0.0119. The number of allylic oxidation sites excluding steroid dienone is 2. The van der Waals surface area contributed by atoms with Crippen LogP contribution in [0.4, 0.5) is 28.4 Å². The van der Waals surface area contributed by atoms with Crippen molar-refractivity contribution in [1.82, 2.24) is 5.48 Å². The fourth-order valence-electron chi connectivity index (χ4n) is 10.2. The smallest absolute Gasteiger partial charge is 0.270 e. The van der Waals surface area contributed by atoms with Crippen molar-refractivity contribution in [1.29, 1.82) is 0 Å². The second kappa shape index (κ2) is 51.0. The van der Waals surface area contributed by atoms with E-state index in [0.717, 1.165) is 51.4 Å². The van der Waals surface area contributed by atoms with Gasteiger partial charge >= 0.3 is 0 Å². The number of Topliss-reactive ketones (excluding diaryl/α,β-unsaturated/α-hetero) is 3. The highest BCUT2D eigenvalue weighted by Gasteiger charge is 2.25. The van der Waals surface area contributed by atoms with E-state index in [2.05, 4.69) is 20.6 Å². The van der Waals surface area contributed by atoms with Gasteiger partial charge in [0.25, 0.3) is 28.4 Å². The van der Waals surface area contributed by atoms with Crippen LogP contribution in [-0.2, 0) is 16.0 Å². The number of aryl methyl sites for hydroxylation is 1. The maximum atomic E-state index is 13.0. The first kappa shape index (κ1) is 95.5. The Morgan fingerprint density at radius 3 is 1.26 bits per heavy atom. The van der Waals surface area contributed by atoms with E-state index in [-0.39, 0.29) is 93.2 Å². The molecule has 0 unspecified atom stereocenters. The highest BCUT2D eigenvalue weighted by atomic mass is 16.7. The van der Waals surface area contributed by atoms with Crippen molar-refractivity contribution < 1.29 is 97.5 Å². The number of nitro groups is 5. The van der Waals surface area contributed by atoms with Crippen LogP contribution >= 0.6 is 0 Å². The zero-order valence-electron chi connectivity index (χ0n) is 66.5. The molecule has 34 nitrogen and oxygen atoms in total. The number of furan rings is 1. The number of nitro benzene ring substituents is 5. The number of carbonyl (C=O) groups is 5. The van der Waals surface area contributed by atoms with Crippen LogP contribution in [0.5, 0.6) is 46.0 Å². The summed E-state index contributed by atoms with van der Waals surface area (Å²) in [4.78, 5) is 131. The lowest BCUT2D eigenvalue weighted by Crippen LogP contribution is -2.19. The molecule has 0 aliphatic carbocycles. The normalized spacial score (nSPS) is 10.7. The molecular weight excluding hydrogens is 1560 g/mol. The predicted octanol–water partition coefficient (Wildman–Crippen LogP) is 19.2. The number of aromatic hydroxyl groups is 4. The number of nitrogens with one attached hydrogen (secondary N) is 1. The van der Waals surface area contributed by atoms with Gasteiger partial charge in [-0.3, -0.25) is 74.5 Å². The number of ether oxygens (including phenoxy) is 1. The quantitative estimate of drug-likeness (QED) is 0.00404. The molecule has 10 aromatic rings. The van der Waals surface area contributed by atoms with Crippen LogP contribution in [0, 0.1) is 50.6 Å². The molecule has 10 rings (SSSR count). The molecule has 0 aliphatic heterocycles. The molecule has 0 saturated carbocycles. The molecule has 0 bridgehead atoms. The lowest BCUT2D eigenvalue weighted by atomic mass is 9.98. The first-order valence-corrected chi connectivity index (χ1v) is 37.6. The number of nitrogens with zero attached hydrogens (tertiary/aromatic N) is 7. The predicted molar refractivity (Wildman–Crippen MR) is 446 cm³/mol. The van der Waals surface area contributed by atoms with Gasteiger partial charge in [0, 0.05) is 114 Å². The van der Waals surface area contributed by atoms with Crippen molar-refractivity contribution in [3.63, 3.8) is 0 Å². The van der Waals surface area contributed by atoms with Gasteiger partial charge in [-0.2, -0.15) is 5.90 Å². The van der Waals surface area contributed by atoms with Crippen LogP contribution in [0.15, 0.2) is 239 Å². The average molecular weight is 1650 g/mol. The number of ketones is 5. The van der Waals surface area contributed by atoms with Crippen molar-refractivity contribution in [2.24, 2.45) is 16.2 Å². The number of unbranched alkanes of at least 4 members (excludes halogenated alkanes) is 4. The second-order valence-corrected chi connectivity index (χ2v) is 25.8. The molecule has 1 aromatic heterocycles. The number of nitrogens with two attached hydrogens (primary N) is 1. The van der Waals surface area contributed by atoms with Crippen molar-refractivity contribution in [3.8, 4) is 46.0 Å². The van der Waals surface area contributed by atoms with E-state index in [9.17, 15) is 89.9 Å². The van der Waals surface area contributed by atoms with Crippen molar-refractivity contribution in [3.05, 3.63) is 308 Å². The number of rotatable bonds is 36. The van der Waals surface area contributed by atoms with Crippen LogP contribution < -0.4 is 30.7 Å². The summed E-state index contributed by atoms with van der Waals surface area (Å²) in [5.41, 5.74) is 6.46. The molecule has 0 atom stereocenters. The third-order valence-electron chi connectivity index (χ3n) is 16.6. The van der Waals surface area contributed by atoms with E-state index in [1.54, 1.807) is 31.2 Å². The molecule has 120 heavy (non-hydrogen) atoms. The lowest BCUT2D eigenvalue weighted by Gasteiger charge is -2.11. The van der Waals surface area contributed by atoms with Crippen LogP contribution in [0.25, 0.3) is 11.0 Å². The number of fused-ring (bicyclic) bond motifs is 1. The molecule has 7 N–H and O–H groups in total. The Kier molecular flexibility index (Phi) is 40.6. The fraction of sp³-hybridized carbons (Fsp3) is 0.244. The Bertz CT molecular complexity index is 5120. The Morgan fingerprint density at radius 2 is 0.833 bits per heavy atom. The van der Waals surface area contributed by atoms with Gasteiger partial charge in [-0.15, -0.1) is 0 Å². The zero-order chi connectivity index (χ0) is 88.1. The molecule has 1 heterocycles. The number of oxime groups is 2. The van der Waals surface area contributed by atoms with Crippen molar-refractivity contribution in [2.75, 3.05) is 6.61 Å². The fourth-order valence-corrected chi connectivity index (χ4v) is 10.2. The number of hydrogen-bond donors (Lipinski definition) is 6. The van der Waals surface area contributed by atoms with Crippen LogP contribution in [-0.4, -0.2) is 92.2 Å². The summed E-state index contributed by atoms with van der Waals surface area (Å²) in [6.07, 6.45) is 11.0. The summed E-state index contributed by atoms with van der Waals surface area (Å²) < 4.78 is 10.9. The van der Waals surface area contributed by atoms with E-state index in [1.165, 1.54) is 194 Å². The van der Waals surface area contributed by atoms with Crippen molar-refractivity contribution >= 4 is 79.9 Å². The summed E-state index contributed by atoms with van der Waals surface area (Å²) in [6, 6.07) is 50.5. The summed E-state index contributed by atoms with van der Waals surface area (Å²) in [6.45, 7) is 12.1. The van der Waals surface area contributed by atoms with Gasteiger partial charge in [0.05, 0.1) is 61.0 Å². The monoisotopic (exact) mass is 1650 g/mol. The number of benzene rings is 9. The molecule has 34 heteroatoms. The van der Waals surface area contributed by atoms with Gasteiger partial charge in [0.1, 0.15) is 45.9 Å². The summed E-state index contributed by atoms with van der Waals surface area (Å²) >= 11 is 0. The van der Waals surface area contributed by atoms with E-state index >= 15 is 0 Å². The molecule has 9 aromatic carbocycles. The standard InChI is InChI=1S/2C19H20N2O5.C19H17NO5.C13H16O3.C10H12N2O4.C6H6N2O3/c2*1-2-3-4-15(13-19(23)14-5-9-17(22)10-6-14)20-26-18-11-7-16(8-12-18)21(24)25;1-2-3-4-17-18(19(22)12-5-8-14(21)9-6-12)15-11-13(20(23)24)7-10-16(15)25-17;1-2-3-4-12(15)9-13(16)10-5-7-11(14)8-6-10;1-3-15-8(2)11-16-10-6-4-9(5-7-10)12(13)14;7-11-6-3-1-5(2-4-6)8(9)10/h5-12,22H,2-4,13H2,1H3;5-13,20,22H,2-4H2,1H3;5-11,21H,2-4H2,1H3;5-8,14H,2-4,9H2,1H3;4-7H,3H2,1-2H3;1-4H,7H2. The van der Waals surface area contributed by atoms with Crippen LogP contribution in [0.3, 0.4) is 0 Å². The Hall–Kier alpha value is -15.1. The molecule has 0 aliphatic rings. The highest BCUT2D eigenvalue weighted by Crippen LogP contribution is 2.33. The topological polar surface area (TPSA) is 504 Å². The van der Waals surface area contributed by atoms with E-state index in [1.807, 2.05) is 34.6 Å². The van der Waals surface area contributed by atoms with Crippen molar-refractivity contribution in [2.45, 2.75) is 131 Å². The molecule has 0 amide bonds. The number of non-ortho nitro benzene ring substituents is 5. The molecular formula is C86H91N9O25. The SMILES string of the molecule is CCCCC(=CC(=O)c1ccc(O)cc1)NOc1ccc([N+](=O)[O-])cc1.CCCCC(=O)CC(=O)c1ccc(O)cc1.CCCCC(CC(=O)c1ccc(O)cc1)=NOc1ccc([N+](=O)[O-])cc1.CCCCc1oc2ccc([N+](=O)[O-])cc2c1C(=O)c1ccc(O)cc1.CCOC(C)=NOc1ccc([N+](=O)[O-])cc1.NOc1ccc([N+](=O)[O-])cc1. The third kappa shape index (κ3) is 33.8. The summed E-state index contributed by atoms with van der Waals surface area (Å²) in [5.74, 6) is 6.91. The Morgan fingerprint density at radius 1 is 0.450 bits per heavy atom. The first-order chi connectivity index (χ1) is 57.5. The molecule has 0 radical (unpaired) electrons. The third-order valence-corrected chi connectivity index (χ3v) is 16.6. The largest absolute Gasteiger partial charge is 0.508 e. The maximum Gasteiger partial charge on any atom is 0.270 e. The summed E-state index contributed by atoms with van der Waals surface area (Å²) in [5, 5.41) is 98.2. The maximum absolute atomic E-state index is 13.0. The van der Waals surface area contributed by atoms with Gasteiger partial charge in [0.2, 0.25) is 5.90 Å². The van der Waals surface area contributed by atoms with E-state index in [0.29, 0.717) is 117 Å². The molecule has 630 valence electrons. The number of phenolic OH excluding ortho intramolecular Hbond substituents is 4. The number of hydroxylamine groups is 1. The minimum atomic E-state index is -0.493.